The zero-order chi connectivity index (χ0) is 26.3. The van der Waals surface area contributed by atoms with Crippen LogP contribution in [-0.4, -0.2) is 0 Å². The third-order valence-electron chi connectivity index (χ3n) is 7.74. The van der Waals surface area contributed by atoms with Crippen LogP contribution in [0.5, 0.6) is 0 Å². The van der Waals surface area contributed by atoms with Gasteiger partial charge in [0.1, 0.15) is 11.2 Å². The second-order valence-electron chi connectivity index (χ2n) is 10.1. The maximum atomic E-state index is 6.07. The van der Waals surface area contributed by atoms with Crippen molar-refractivity contribution in [3.63, 3.8) is 0 Å². The topological polar surface area (TPSA) is 13.1 Å². The van der Waals surface area contributed by atoms with Crippen molar-refractivity contribution >= 4 is 43.5 Å². The largest absolute Gasteiger partial charge is 0.456 e. The summed E-state index contributed by atoms with van der Waals surface area (Å²) in [5.41, 5.74) is 7.78. The molecule has 1 nitrogen and oxygen atoms in total. The molecular formula is C37H32O. The maximum Gasteiger partial charge on any atom is 0.136 e. The third kappa shape index (κ3) is 3.70. The Labute approximate surface area is 224 Å². The fourth-order valence-corrected chi connectivity index (χ4v) is 5.98. The second kappa shape index (κ2) is 9.50. The van der Waals surface area contributed by atoms with Gasteiger partial charge in [-0.25, -0.2) is 0 Å². The second-order valence-corrected chi connectivity index (χ2v) is 10.1. The van der Waals surface area contributed by atoms with E-state index in [2.05, 4.69) is 135 Å². The highest BCUT2D eigenvalue weighted by molar-refractivity contribution is 6.26. The molecule has 6 aromatic carbocycles. The summed E-state index contributed by atoms with van der Waals surface area (Å²) in [6.07, 6.45) is 0. The van der Waals surface area contributed by atoms with Gasteiger partial charge in [0.05, 0.1) is 0 Å². The van der Waals surface area contributed by atoms with Gasteiger partial charge in [0.2, 0.25) is 0 Å². The molecule has 0 spiro atoms. The summed E-state index contributed by atoms with van der Waals surface area (Å²) in [6.45, 7) is 8.61. The molecule has 0 atom stereocenters. The Morgan fingerprint density at radius 2 is 0.842 bits per heavy atom. The molecule has 1 aromatic heterocycles. The number of hydrogen-bond donors (Lipinski definition) is 0. The summed E-state index contributed by atoms with van der Waals surface area (Å²) < 4.78 is 6.07. The van der Waals surface area contributed by atoms with Gasteiger partial charge in [-0.2, -0.15) is 0 Å². The summed E-state index contributed by atoms with van der Waals surface area (Å²) >= 11 is 0. The lowest BCUT2D eigenvalue weighted by Crippen LogP contribution is -2.14. The minimum Gasteiger partial charge on any atom is -0.456 e. The Morgan fingerprint density at radius 3 is 1.32 bits per heavy atom. The van der Waals surface area contributed by atoms with Gasteiger partial charge in [-0.05, 0) is 55.9 Å². The van der Waals surface area contributed by atoms with Crippen LogP contribution in [0.25, 0.3) is 54.6 Å². The Bertz CT molecular complexity index is 1780. The number of benzene rings is 6. The first-order valence-corrected chi connectivity index (χ1v) is 13.5. The molecule has 38 heavy (non-hydrogen) atoms. The highest BCUT2D eigenvalue weighted by Gasteiger charge is 2.34. The van der Waals surface area contributed by atoms with Gasteiger partial charge in [-0.15, -0.1) is 0 Å². The average Bonchev–Trinajstić information content (AvgIpc) is 3.48. The first-order chi connectivity index (χ1) is 18.6. The SMILES string of the molecule is CC.CC1(C)c2ccccc2-c2ccccc21.c1ccc2c(c1)ccc1oc3ccc4ccccc4c3c12. The van der Waals surface area contributed by atoms with Crippen LogP contribution in [0, 0.1) is 0 Å². The number of rotatable bonds is 0. The number of fused-ring (bicyclic) bond motifs is 10. The van der Waals surface area contributed by atoms with E-state index in [1.54, 1.807) is 0 Å². The molecular weight excluding hydrogens is 460 g/mol. The quantitative estimate of drug-likeness (QED) is 0.205. The predicted octanol–water partition coefficient (Wildman–Crippen LogP) is 10.9. The summed E-state index contributed by atoms with van der Waals surface area (Å²) in [7, 11) is 0. The van der Waals surface area contributed by atoms with Crippen molar-refractivity contribution in [1.29, 1.82) is 0 Å². The highest BCUT2D eigenvalue weighted by atomic mass is 16.3. The molecule has 7 aromatic rings. The van der Waals surface area contributed by atoms with Crippen molar-refractivity contribution in [2.45, 2.75) is 33.1 Å². The van der Waals surface area contributed by atoms with Gasteiger partial charge in [0.15, 0.2) is 0 Å². The van der Waals surface area contributed by atoms with Crippen LogP contribution in [0.3, 0.4) is 0 Å². The monoisotopic (exact) mass is 492 g/mol. The van der Waals surface area contributed by atoms with E-state index in [0.29, 0.717) is 0 Å². The highest BCUT2D eigenvalue weighted by Crippen LogP contribution is 2.48. The summed E-state index contributed by atoms with van der Waals surface area (Å²) in [5, 5.41) is 7.45. The van der Waals surface area contributed by atoms with Crippen LogP contribution >= 0.6 is 0 Å². The minimum atomic E-state index is 0.160. The summed E-state index contributed by atoms with van der Waals surface area (Å²) in [6, 6.07) is 42.8. The van der Waals surface area contributed by atoms with E-state index in [9.17, 15) is 0 Å². The van der Waals surface area contributed by atoms with E-state index < -0.39 is 0 Å². The van der Waals surface area contributed by atoms with Gasteiger partial charge in [-0.1, -0.05) is 137 Å². The summed E-state index contributed by atoms with van der Waals surface area (Å²) in [5.74, 6) is 0. The molecule has 0 saturated heterocycles. The number of furan rings is 1. The Morgan fingerprint density at radius 1 is 0.447 bits per heavy atom. The van der Waals surface area contributed by atoms with Gasteiger partial charge in [-0.3, -0.25) is 0 Å². The fraction of sp³-hybridized carbons (Fsp3) is 0.135. The normalized spacial score (nSPS) is 12.9. The van der Waals surface area contributed by atoms with Gasteiger partial charge < -0.3 is 4.42 Å². The molecule has 0 saturated carbocycles. The lowest BCUT2D eigenvalue weighted by Gasteiger charge is -2.20. The molecule has 1 heterocycles. The molecule has 0 N–H and O–H groups in total. The molecule has 1 aliphatic rings. The van der Waals surface area contributed by atoms with Gasteiger partial charge >= 0.3 is 0 Å². The number of hydrogen-bond acceptors (Lipinski definition) is 1. The first kappa shape index (κ1) is 24.0. The summed E-state index contributed by atoms with van der Waals surface area (Å²) in [4.78, 5) is 0. The molecule has 1 aliphatic carbocycles. The van der Waals surface area contributed by atoms with Crippen LogP contribution in [0.2, 0.25) is 0 Å². The van der Waals surface area contributed by atoms with E-state index in [-0.39, 0.29) is 5.41 Å². The van der Waals surface area contributed by atoms with Crippen molar-refractivity contribution in [3.05, 3.63) is 132 Å². The fourth-order valence-electron chi connectivity index (χ4n) is 5.98. The average molecular weight is 493 g/mol. The molecule has 0 fully saturated rings. The Kier molecular flexibility index (Phi) is 6.00. The van der Waals surface area contributed by atoms with E-state index in [4.69, 9.17) is 4.42 Å². The van der Waals surface area contributed by atoms with Crippen molar-refractivity contribution in [3.8, 4) is 11.1 Å². The smallest absolute Gasteiger partial charge is 0.136 e. The van der Waals surface area contributed by atoms with Crippen molar-refractivity contribution in [2.75, 3.05) is 0 Å². The molecule has 0 bridgehead atoms. The Balaban J connectivity index is 0.000000137. The van der Waals surface area contributed by atoms with Crippen molar-refractivity contribution in [2.24, 2.45) is 0 Å². The van der Waals surface area contributed by atoms with Gasteiger partial charge in [0, 0.05) is 16.2 Å². The van der Waals surface area contributed by atoms with E-state index in [0.717, 1.165) is 11.2 Å². The van der Waals surface area contributed by atoms with Crippen molar-refractivity contribution in [1.82, 2.24) is 0 Å². The first-order valence-electron chi connectivity index (χ1n) is 13.5. The zero-order valence-electron chi connectivity index (χ0n) is 22.5. The van der Waals surface area contributed by atoms with Gasteiger partial charge in [0.25, 0.3) is 0 Å². The van der Waals surface area contributed by atoms with Crippen molar-refractivity contribution < 1.29 is 4.42 Å². The van der Waals surface area contributed by atoms with E-state index in [1.165, 1.54) is 54.6 Å². The van der Waals surface area contributed by atoms with E-state index >= 15 is 0 Å². The maximum absolute atomic E-state index is 6.07. The lowest BCUT2D eigenvalue weighted by molar-refractivity contribution is 0.660. The molecule has 0 radical (unpaired) electrons. The zero-order valence-corrected chi connectivity index (χ0v) is 22.5. The molecule has 0 unspecified atom stereocenters. The lowest BCUT2D eigenvalue weighted by atomic mass is 9.82. The third-order valence-corrected chi connectivity index (χ3v) is 7.74. The predicted molar refractivity (Wildman–Crippen MR) is 164 cm³/mol. The van der Waals surface area contributed by atoms with Crippen LogP contribution in [-0.2, 0) is 5.41 Å². The standard InChI is InChI=1S/C20H12O.C15H14.C2H6/c1-3-7-15-13(5-1)9-11-17-19(15)20-16-8-4-2-6-14(16)10-12-18(20)21-17;1-15(2)13-9-5-3-7-11(13)12-8-4-6-10-14(12)15;1-2/h1-12H;3-10H,1-2H3;1-2H3. The van der Waals surface area contributed by atoms with Crippen LogP contribution in [0.15, 0.2) is 126 Å². The Hall–Kier alpha value is -4.36. The molecule has 186 valence electrons. The molecule has 1 heteroatoms. The van der Waals surface area contributed by atoms with E-state index in [1.807, 2.05) is 13.8 Å². The van der Waals surface area contributed by atoms with Crippen LogP contribution in [0.4, 0.5) is 0 Å². The molecule has 8 rings (SSSR count). The van der Waals surface area contributed by atoms with Crippen LogP contribution < -0.4 is 0 Å². The minimum absolute atomic E-state index is 0.160. The molecule has 0 aliphatic heterocycles. The van der Waals surface area contributed by atoms with Crippen LogP contribution in [0.1, 0.15) is 38.8 Å². The molecule has 0 amide bonds.